The molecule has 0 atom stereocenters. The van der Waals surface area contributed by atoms with Crippen LogP contribution in [-0.2, 0) is 6.54 Å². The van der Waals surface area contributed by atoms with E-state index in [2.05, 4.69) is 10.5 Å². The van der Waals surface area contributed by atoms with Gasteiger partial charge < -0.3 is 14.0 Å². The van der Waals surface area contributed by atoms with E-state index in [-0.39, 0.29) is 5.56 Å². The molecule has 0 spiro atoms. The Kier molecular flexibility index (Phi) is 6.87. The third-order valence-corrected chi connectivity index (χ3v) is 4.58. The number of carbonyl (C=O) groups is 1. The summed E-state index contributed by atoms with van der Waals surface area (Å²) in [5, 5.41) is 4.26. The van der Waals surface area contributed by atoms with Crippen LogP contribution < -0.4 is 20.5 Å². The summed E-state index contributed by atoms with van der Waals surface area (Å²) in [6, 6.07) is 15.9. The van der Waals surface area contributed by atoms with E-state index in [0.29, 0.717) is 28.6 Å². The summed E-state index contributed by atoms with van der Waals surface area (Å²) in [5.41, 5.74) is 3.51. The maximum atomic E-state index is 12.6. The molecule has 0 aliphatic heterocycles. The Balaban J connectivity index is 1.75. The van der Waals surface area contributed by atoms with Crippen LogP contribution in [0.5, 0.6) is 11.5 Å². The lowest BCUT2D eigenvalue weighted by Crippen LogP contribution is -2.30. The van der Waals surface area contributed by atoms with Crippen LogP contribution in [-0.4, -0.2) is 30.9 Å². The summed E-state index contributed by atoms with van der Waals surface area (Å²) in [4.78, 5) is 25.1. The second kappa shape index (κ2) is 9.76. The molecule has 154 valence electrons. The van der Waals surface area contributed by atoms with Crippen molar-refractivity contribution in [1.29, 1.82) is 0 Å². The summed E-state index contributed by atoms with van der Waals surface area (Å²) in [7, 11) is 2.98. The Bertz CT molecular complexity index is 1130. The van der Waals surface area contributed by atoms with Crippen molar-refractivity contribution in [3.8, 4) is 11.5 Å². The van der Waals surface area contributed by atoms with Gasteiger partial charge in [0.1, 0.15) is 5.56 Å². The highest BCUT2D eigenvalue weighted by Crippen LogP contribution is 2.35. The van der Waals surface area contributed by atoms with E-state index in [4.69, 9.17) is 21.1 Å². The SMILES string of the molecule is COc1cc(/C=N\NC(=O)c2cccn(Cc3ccccc3)c2=O)cc(Cl)c1OC. The normalized spacial score (nSPS) is 10.8. The smallest absolute Gasteiger partial charge is 0.276 e. The number of nitrogens with one attached hydrogen (secondary N) is 1. The van der Waals surface area contributed by atoms with Gasteiger partial charge in [0.25, 0.3) is 11.5 Å². The molecule has 3 aromatic rings. The molecule has 0 saturated heterocycles. The molecule has 0 radical (unpaired) electrons. The number of pyridine rings is 1. The van der Waals surface area contributed by atoms with Crippen LogP contribution in [0, 0.1) is 0 Å². The number of ether oxygens (including phenoxy) is 2. The summed E-state index contributed by atoms with van der Waals surface area (Å²) >= 11 is 6.16. The predicted octanol–water partition coefficient (Wildman–Crippen LogP) is 3.33. The van der Waals surface area contributed by atoms with E-state index in [0.717, 1.165) is 5.56 Å². The second-order valence-corrected chi connectivity index (χ2v) is 6.69. The predicted molar refractivity (Wildman–Crippen MR) is 116 cm³/mol. The second-order valence-electron chi connectivity index (χ2n) is 6.28. The summed E-state index contributed by atoms with van der Waals surface area (Å²) in [5.74, 6) is 0.235. The van der Waals surface area contributed by atoms with Crippen molar-refractivity contribution < 1.29 is 14.3 Å². The number of nitrogens with zero attached hydrogens (tertiary/aromatic N) is 2. The first-order valence-corrected chi connectivity index (χ1v) is 9.39. The van der Waals surface area contributed by atoms with Gasteiger partial charge in [-0.25, -0.2) is 5.43 Å². The van der Waals surface area contributed by atoms with E-state index in [1.807, 2.05) is 30.3 Å². The molecular formula is C22H20ClN3O4. The molecule has 0 fully saturated rings. The van der Waals surface area contributed by atoms with Crippen molar-refractivity contribution in [2.45, 2.75) is 6.54 Å². The molecular weight excluding hydrogens is 406 g/mol. The number of aromatic nitrogens is 1. The van der Waals surface area contributed by atoms with Crippen molar-refractivity contribution in [3.63, 3.8) is 0 Å². The lowest BCUT2D eigenvalue weighted by atomic mass is 10.2. The van der Waals surface area contributed by atoms with E-state index < -0.39 is 11.5 Å². The van der Waals surface area contributed by atoms with Crippen molar-refractivity contribution in [2.75, 3.05) is 14.2 Å². The monoisotopic (exact) mass is 425 g/mol. The average Bonchev–Trinajstić information content (AvgIpc) is 2.75. The molecule has 0 aliphatic carbocycles. The van der Waals surface area contributed by atoms with Gasteiger partial charge in [-0.2, -0.15) is 5.10 Å². The van der Waals surface area contributed by atoms with Crippen LogP contribution >= 0.6 is 11.6 Å². The van der Waals surface area contributed by atoms with Crippen LogP contribution in [0.4, 0.5) is 0 Å². The van der Waals surface area contributed by atoms with Crippen LogP contribution in [0.1, 0.15) is 21.5 Å². The van der Waals surface area contributed by atoms with Gasteiger partial charge >= 0.3 is 0 Å². The number of methoxy groups -OCH3 is 2. The lowest BCUT2D eigenvalue weighted by molar-refractivity contribution is 0.0953. The van der Waals surface area contributed by atoms with Gasteiger partial charge in [-0.3, -0.25) is 9.59 Å². The van der Waals surface area contributed by atoms with Crippen molar-refractivity contribution in [3.05, 3.63) is 92.9 Å². The van der Waals surface area contributed by atoms with Gasteiger partial charge in [0, 0.05) is 6.20 Å². The highest BCUT2D eigenvalue weighted by molar-refractivity contribution is 6.32. The number of carbonyl (C=O) groups excluding carboxylic acids is 1. The number of hydrogen-bond acceptors (Lipinski definition) is 5. The fraction of sp³-hybridized carbons (Fsp3) is 0.136. The van der Waals surface area contributed by atoms with Crippen molar-refractivity contribution >= 4 is 23.7 Å². The fourth-order valence-electron chi connectivity index (χ4n) is 2.85. The number of hydrogen-bond donors (Lipinski definition) is 1. The molecule has 3 rings (SSSR count). The minimum absolute atomic E-state index is 0.00377. The minimum Gasteiger partial charge on any atom is -0.493 e. The zero-order valence-electron chi connectivity index (χ0n) is 16.5. The van der Waals surface area contributed by atoms with E-state index in [9.17, 15) is 9.59 Å². The highest BCUT2D eigenvalue weighted by Gasteiger charge is 2.12. The molecule has 8 heteroatoms. The minimum atomic E-state index is -0.606. The van der Waals surface area contributed by atoms with Crippen LogP contribution in [0.25, 0.3) is 0 Å². The molecule has 0 aliphatic rings. The van der Waals surface area contributed by atoms with Gasteiger partial charge in [-0.05, 0) is 35.4 Å². The molecule has 2 aromatic carbocycles. The Morgan fingerprint density at radius 1 is 1.13 bits per heavy atom. The highest BCUT2D eigenvalue weighted by atomic mass is 35.5. The lowest BCUT2D eigenvalue weighted by Gasteiger charge is -2.10. The number of amides is 1. The number of rotatable bonds is 7. The van der Waals surface area contributed by atoms with Crippen molar-refractivity contribution in [1.82, 2.24) is 9.99 Å². The Hall–Kier alpha value is -3.58. The van der Waals surface area contributed by atoms with E-state index in [1.54, 1.807) is 24.4 Å². The fourth-order valence-corrected chi connectivity index (χ4v) is 3.15. The topological polar surface area (TPSA) is 81.9 Å². The van der Waals surface area contributed by atoms with Crippen LogP contribution in [0.2, 0.25) is 5.02 Å². The Labute approximate surface area is 178 Å². The summed E-state index contributed by atoms with van der Waals surface area (Å²) in [6.07, 6.45) is 3.04. The number of benzene rings is 2. The van der Waals surface area contributed by atoms with Gasteiger partial charge in [0.15, 0.2) is 11.5 Å². The van der Waals surface area contributed by atoms with E-state index in [1.165, 1.54) is 31.1 Å². The summed E-state index contributed by atoms with van der Waals surface area (Å²) < 4.78 is 11.9. The molecule has 7 nitrogen and oxygen atoms in total. The van der Waals surface area contributed by atoms with Gasteiger partial charge in [0.05, 0.1) is 32.0 Å². The first-order chi connectivity index (χ1) is 14.5. The zero-order chi connectivity index (χ0) is 21.5. The van der Waals surface area contributed by atoms with Crippen LogP contribution in [0.3, 0.4) is 0 Å². The maximum Gasteiger partial charge on any atom is 0.276 e. The largest absolute Gasteiger partial charge is 0.493 e. The molecule has 0 bridgehead atoms. The Morgan fingerprint density at radius 2 is 1.90 bits per heavy atom. The molecule has 0 unspecified atom stereocenters. The first kappa shape index (κ1) is 21.1. The standard InChI is InChI=1S/C22H20ClN3O4/c1-29-19-12-16(11-18(23)20(19)30-2)13-24-25-21(27)17-9-6-10-26(22(17)28)14-15-7-4-3-5-8-15/h3-13H,14H2,1-2H3,(H,25,27)/b24-13-. The number of halogens is 1. The average molecular weight is 426 g/mol. The first-order valence-electron chi connectivity index (χ1n) is 9.01. The molecule has 1 aromatic heterocycles. The molecule has 30 heavy (non-hydrogen) atoms. The van der Waals surface area contributed by atoms with E-state index >= 15 is 0 Å². The van der Waals surface area contributed by atoms with Gasteiger partial charge in [0.2, 0.25) is 0 Å². The van der Waals surface area contributed by atoms with Crippen LogP contribution in [0.15, 0.2) is 70.7 Å². The third-order valence-electron chi connectivity index (χ3n) is 4.30. The maximum absolute atomic E-state index is 12.6. The van der Waals surface area contributed by atoms with Gasteiger partial charge in [-0.15, -0.1) is 0 Å². The molecule has 1 heterocycles. The molecule has 1 amide bonds. The quantitative estimate of drug-likeness (QED) is 0.465. The summed E-state index contributed by atoms with van der Waals surface area (Å²) in [6.45, 7) is 0.369. The number of hydrazone groups is 1. The molecule has 1 N–H and O–H groups in total. The Morgan fingerprint density at radius 3 is 2.60 bits per heavy atom. The molecule has 0 saturated carbocycles. The van der Waals surface area contributed by atoms with Gasteiger partial charge in [-0.1, -0.05) is 41.9 Å². The third kappa shape index (κ3) is 4.87. The van der Waals surface area contributed by atoms with Crippen molar-refractivity contribution in [2.24, 2.45) is 5.10 Å². The zero-order valence-corrected chi connectivity index (χ0v) is 17.2.